The van der Waals surface area contributed by atoms with Crippen LogP contribution in [-0.4, -0.2) is 27.4 Å². The van der Waals surface area contributed by atoms with Crippen LogP contribution >= 0.6 is 0 Å². The highest BCUT2D eigenvalue weighted by molar-refractivity contribution is 6.76. The van der Waals surface area contributed by atoms with Gasteiger partial charge in [0.15, 0.2) is 6.79 Å². The van der Waals surface area contributed by atoms with Crippen LogP contribution in [0.2, 0.25) is 25.7 Å². The molecule has 0 spiro atoms. The quantitative estimate of drug-likeness (QED) is 0.448. The van der Waals surface area contributed by atoms with Crippen LogP contribution in [-0.2, 0) is 4.74 Å². The van der Waals surface area contributed by atoms with Gasteiger partial charge in [0.2, 0.25) is 0 Å². The standard InChI is InChI=1S/C19H24N2O3Si/c1-25(2,3)12-11-23-13-24-17-10-6-9-16-18(17)19(22)21-15-8-5-4-7-14(15)20-16/h4-10,20H,11-13H2,1-3H3,(H,21,22). The molecule has 1 heterocycles. The van der Waals surface area contributed by atoms with Crippen molar-refractivity contribution in [3.63, 3.8) is 0 Å². The van der Waals surface area contributed by atoms with Crippen LogP contribution in [0.1, 0.15) is 10.4 Å². The lowest BCUT2D eigenvalue weighted by Gasteiger charge is -2.16. The van der Waals surface area contributed by atoms with E-state index in [2.05, 4.69) is 30.3 Å². The molecule has 3 rings (SSSR count). The SMILES string of the molecule is C[Si](C)(C)CCOCOc1cccc2c1C(=O)Nc1ccccc1N2. The second-order valence-electron chi connectivity index (χ2n) is 7.28. The molecule has 25 heavy (non-hydrogen) atoms. The molecule has 2 aromatic rings. The molecule has 0 aromatic heterocycles. The van der Waals surface area contributed by atoms with Crippen LogP contribution < -0.4 is 15.4 Å². The molecule has 132 valence electrons. The molecule has 2 aromatic carbocycles. The molecule has 0 radical (unpaired) electrons. The Morgan fingerprint density at radius 2 is 1.60 bits per heavy atom. The van der Waals surface area contributed by atoms with Crippen molar-refractivity contribution in [2.45, 2.75) is 25.7 Å². The molecular weight excluding hydrogens is 332 g/mol. The van der Waals surface area contributed by atoms with Gasteiger partial charge in [-0.2, -0.15) is 0 Å². The van der Waals surface area contributed by atoms with Crippen LogP contribution in [0.4, 0.5) is 17.1 Å². The van der Waals surface area contributed by atoms with E-state index in [0.717, 1.165) is 23.1 Å². The monoisotopic (exact) mass is 356 g/mol. The number of hydrogen-bond acceptors (Lipinski definition) is 4. The molecule has 2 N–H and O–H groups in total. The maximum atomic E-state index is 12.6. The van der Waals surface area contributed by atoms with Crippen molar-refractivity contribution in [1.29, 1.82) is 0 Å². The summed E-state index contributed by atoms with van der Waals surface area (Å²) in [5, 5.41) is 6.22. The minimum absolute atomic E-state index is 0.140. The zero-order valence-electron chi connectivity index (χ0n) is 14.9. The number of anilines is 3. The Labute approximate surface area is 149 Å². The van der Waals surface area contributed by atoms with Gasteiger partial charge < -0.3 is 20.1 Å². The van der Waals surface area contributed by atoms with Gasteiger partial charge in [0, 0.05) is 14.7 Å². The number of carbonyl (C=O) groups is 1. The normalized spacial score (nSPS) is 13.2. The molecular formula is C19H24N2O3Si. The van der Waals surface area contributed by atoms with Gasteiger partial charge in [0.1, 0.15) is 11.3 Å². The summed E-state index contributed by atoms with van der Waals surface area (Å²) >= 11 is 0. The first-order chi connectivity index (χ1) is 11.9. The molecule has 0 saturated heterocycles. The minimum Gasteiger partial charge on any atom is -0.467 e. The van der Waals surface area contributed by atoms with Gasteiger partial charge in [-0.15, -0.1) is 0 Å². The fourth-order valence-corrected chi connectivity index (χ4v) is 3.32. The van der Waals surface area contributed by atoms with Gasteiger partial charge in [0.05, 0.1) is 17.1 Å². The summed E-state index contributed by atoms with van der Waals surface area (Å²) in [6.45, 7) is 7.74. The molecule has 1 aliphatic rings. The van der Waals surface area contributed by atoms with E-state index in [0.29, 0.717) is 17.9 Å². The average molecular weight is 356 g/mol. The number of rotatable bonds is 6. The van der Waals surface area contributed by atoms with Crippen LogP contribution in [0, 0.1) is 0 Å². The Morgan fingerprint density at radius 1 is 0.920 bits per heavy atom. The lowest BCUT2D eigenvalue weighted by molar-refractivity contribution is 0.0216. The average Bonchev–Trinajstić information content (AvgIpc) is 2.69. The van der Waals surface area contributed by atoms with Gasteiger partial charge in [-0.3, -0.25) is 4.79 Å². The Hall–Kier alpha value is -2.31. The number of nitrogens with one attached hydrogen (secondary N) is 2. The smallest absolute Gasteiger partial charge is 0.261 e. The van der Waals surface area contributed by atoms with Gasteiger partial charge in [0.25, 0.3) is 5.91 Å². The van der Waals surface area contributed by atoms with Crippen LogP contribution in [0.5, 0.6) is 5.75 Å². The summed E-state index contributed by atoms with van der Waals surface area (Å²) in [5.74, 6) is 0.327. The Morgan fingerprint density at radius 3 is 2.32 bits per heavy atom. The highest BCUT2D eigenvalue weighted by Gasteiger charge is 2.22. The number of ether oxygens (including phenoxy) is 2. The molecule has 1 aliphatic heterocycles. The second-order valence-corrected chi connectivity index (χ2v) is 12.9. The van der Waals surface area contributed by atoms with Gasteiger partial charge in [-0.1, -0.05) is 37.8 Å². The van der Waals surface area contributed by atoms with Crippen molar-refractivity contribution in [3.8, 4) is 5.75 Å². The van der Waals surface area contributed by atoms with E-state index in [9.17, 15) is 4.79 Å². The van der Waals surface area contributed by atoms with Gasteiger partial charge >= 0.3 is 0 Å². The lowest BCUT2D eigenvalue weighted by atomic mass is 10.1. The third kappa shape index (κ3) is 4.40. The molecule has 0 fully saturated rings. The minimum atomic E-state index is -1.12. The van der Waals surface area contributed by atoms with Crippen molar-refractivity contribution in [2.75, 3.05) is 24.0 Å². The molecule has 0 unspecified atom stereocenters. The van der Waals surface area contributed by atoms with Crippen molar-refractivity contribution in [1.82, 2.24) is 0 Å². The van der Waals surface area contributed by atoms with E-state index in [1.165, 1.54) is 0 Å². The van der Waals surface area contributed by atoms with Crippen LogP contribution in [0.3, 0.4) is 0 Å². The van der Waals surface area contributed by atoms with Crippen molar-refractivity contribution >= 4 is 31.0 Å². The Bertz CT molecular complexity index is 772. The van der Waals surface area contributed by atoms with Crippen LogP contribution in [0.25, 0.3) is 0 Å². The van der Waals surface area contributed by atoms with Crippen molar-refractivity contribution < 1.29 is 14.3 Å². The fourth-order valence-electron chi connectivity index (χ4n) is 2.56. The van der Waals surface area contributed by atoms with E-state index < -0.39 is 8.07 Å². The number of hydrogen-bond donors (Lipinski definition) is 2. The highest BCUT2D eigenvalue weighted by Crippen LogP contribution is 2.35. The van der Waals surface area contributed by atoms with Crippen LogP contribution in [0.15, 0.2) is 42.5 Å². The largest absolute Gasteiger partial charge is 0.467 e. The van der Waals surface area contributed by atoms with E-state index in [1.54, 1.807) is 6.07 Å². The van der Waals surface area contributed by atoms with Gasteiger partial charge in [-0.05, 0) is 30.3 Å². The number of carbonyl (C=O) groups excluding carboxylic acids is 1. The summed E-state index contributed by atoms with van der Waals surface area (Å²) in [5.41, 5.74) is 2.83. The Balaban J connectivity index is 1.72. The lowest BCUT2D eigenvalue weighted by Crippen LogP contribution is -2.22. The number of amides is 1. The number of benzene rings is 2. The third-order valence-corrected chi connectivity index (χ3v) is 5.70. The maximum absolute atomic E-state index is 12.6. The molecule has 0 aliphatic carbocycles. The summed E-state index contributed by atoms with van der Waals surface area (Å²) in [7, 11) is -1.12. The third-order valence-electron chi connectivity index (χ3n) is 3.99. The summed E-state index contributed by atoms with van der Waals surface area (Å²) in [6.07, 6.45) is 0. The topological polar surface area (TPSA) is 59.6 Å². The van der Waals surface area contributed by atoms with Crippen molar-refractivity contribution in [2.24, 2.45) is 0 Å². The van der Waals surface area contributed by atoms with E-state index >= 15 is 0 Å². The second kappa shape index (κ2) is 7.29. The first-order valence-electron chi connectivity index (χ1n) is 8.45. The van der Waals surface area contributed by atoms with E-state index in [-0.39, 0.29) is 12.7 Å². The summed E-state index contributed by atoms with van der Waals surface area (Å²) in [4.78, 5) is 12.6. The summed E-state index contributed by atoms with van der Waals surface area (Å²) < 4.78 is 11.3. The zero-order chi connectivity index (χ0) is 17.9. The van der Waals surface area contributed by atoms with E-state index in [4.69, 9.17) is 9.47 Å². The molecule has 0 saturated carbocycles. The molecule has 0 bridgehead atoms. The predicted octanol–water partition coefficient (Wildman–Crippen LogP) is 4.69. The molecule has 5 nitrogen and oxygen atoms in total. The van der Waals surface area contributed by atoms with Crippen molar-refractivity contribution in [3.05, 3.63) is 48.0 Å². The molecule has 0 atom stereocenters. The highest BCUT2D eigenvalue weighted by atomic mass is 28.3. The predicted molar refractivity (Wildman–Crippen MR) is 104 cm³/mol. The number of fused-ring (bicyclic) bond motifs is 2. The molecule has 1 amide bonds. The zero-order valence-corrected chi connectivity index (χ0v) is 15.9. The molecule has 6 heteroatoms. The first-order valence-corrected chi connectivity index (χ1v) is 12.2. The first kappa shape index (κ1) is 17.5. The fraction of sp³-hybridized carbons (Fsp3) is 0.316. The maximum Gasteiger partial charge on any atom is 0.261 e. The van der Waals surface area contributed by atoms with E-state index in [1.807, 2.05) is 36.4 Å². The van der Waals surface area contributed by atoms with Gasteiger partial charge in [-0.25, -0.2) is 0 Å². The summed E-state index contributed by atoms with van der Waals surface area (Å²) in [6, 6.07) is 14.2. The number of para-hydroxylation sites is 2. The Kier molecular flexibility index (Phi) is 5.10.